The number of hydrogen-bond acceptors (Lipinski definition) is 3. The second-order valence-electron chi connectivity index (χ2n) is 5.90. The van der Waals surface area contributed by atoms with Gasteiger partial charge in [-0.3, -0.25) is 4.79 Å². The second kappa shape index (κ2) is 9.62. The molecular formula is C21H27N3O. The predicted molar refractivity (Wildman–Crippen MR) is 105 cm³/mol. The molecule has 132 valence electrons. The molecular weight excluding hydrogens is 310 g/mol. The van der Waals surface area contributed by atoms with Crippen molar-refractivity contribution in [2.75, 3.05) is 18.0 Å². The summed E-state index contributed by atoms with van der Waals surface area (Å²) in [6.07, 6.45) is 3.01. The van der Waals surface area contributed by atoms with Gasteiger partial charge in [0.25, 0.3) is 0 Å². The van der Waals surface area contributed by atoms with Crippen molar-refractivity contribution < 1.29 is 4.79 Å². The topological polar surface area (TPSA) is 44.7 Å². The predicted octanol–water partition coefficient (Wildman–Crippen LogP) is 3.79. The number of nitrogens with one attached hydrogen (secondary N) is 1. The molecule has 0 aliphatic heterocycles. The molecule has 0 aliphatic rings. The first kappa shape index (κ1) is 18.7. The zero-order valence-corrected chi connectivity index (χ0v) is 15.3. The van der Waals surface area contributed by atoms with Gasteiger partial charge < -0.3 is 4.90 Å². The van der Waals surface area contributed by atoms with Crippen LogP contribution in [0.25, 0.3) is 0 Å². The van der Waals surface area contributed by atoms with Crippen LogP contribution >= 0.6 is 0 Å². The molecule has 1 N–H and O–H groups in total. The van der Waals surface area contributed by atoms with E-state index in [1.807, 2.05) is 24.3 Å². The lowest BCUT2D eigenvalue weighted by Crippen LogP contribution is -2.21. The SMILES string of the molecule is CCc1ccc(CC(=O)N/N=C/c2ccc(N(CC)CC)cc2)cc1. The van der Waals surface area contributed by atoms with E-state index in [4.69, 9.17) is 0 Å². The van der Waals surface area contributed by atoms with Crippen LogP contribution in [0.1, 0.15) is 37.5 Å². The Morgan fingerprint density at radius 3 is 2.12 bits per heavy atom. The summed E-state index contributed by atoms with van der Waals surface area (Å²) >= 11 is 0. The van der Waals surface area contributed by atoms with E-state index in [-0.39, 0.29) is 5.91 Å². The van der Waals surface area contributed by atoms with Gasteiger partial charge in [-0.1, -0.05) is 43.3 Å². The van der Waals surface area contributed by atoms with Crippen molar-refractivity contribution in [2.24, 2.45) is 5.10 Å². The van der Waals surface area contributed by atoms with Crippen LogP contribution in [0.15, 0.2) is 53.6 Å². The Morgan fingerprint density at radius 2 is 1.56 bits per heavy atom. The molecule has 0 spiro atoms. The normalized spacial score (nSPS) is 10.8. The Balaban J connectivity index is 1.86. The van der Waals surface area contributed by atoms with Crippen LogP contribution in [0.3, 0.4) is 0 Å². The van der Waals surface area contributed by atoms with Gasteiger partial charge in [0, 0.05) is 18.8 Å². The van der Waals surface area contributed by atoms with Gasteiger partial charge in [-0.05, 0) is 49.1 Å². The molecule has 0 radical (unpaired) electrons. The number of anilines is 1. The highest BCUT2D eigenvalue weighted by Crippen LogP contribution is 2.14. The number of benzene rings is 2. The second-order valence-corrected chi connectivity index (χ2v) is 5.90. The van der Waals surface area contributed by atoms with Gasteiger partial charge in [-0.2, -0.15) is 5.10 Å². The summed E-state index contributed by atoms with van der Waals surface area (Å²) in [6.45, 7) is 8.37. The summed E-state index contributed by atoms with van der Waals surface area (Å²) in [6, 6.07) is 16.3. The maximum absolute atomic E-state index is 11.9. The number of hydrazone groups is 1. The fourth-order valence-corrected chi connectivity index (χ4v) is 2.66. The summed E-state index contributed by atoms with van der Waals surface area (Å²) in [5.41, 5.74) is 7.01. The number of carbonyl (C=O) groups is 1. The summed E-state index contributed by atoms with van der Waals surface area (Å²) in [7, 11) is 0. The molecule has 0 bridgehead atoms. The van der Waals surface area contributed by atoms with Crippen LogP contribution in [0.2, 0.25) is 0 Å². The molecule has 2 rings (SSSR count). The molecule has 0 saturated carbocycles. The minimum atomic E-state index is -0.111. The molecule has 2 aromatic rings. The molecule has 0 saturated heterocycles. The number of carbonyl (C=O) groups excluding carboxylic acids is 1. The van der Waals surface area contributed by atoms with Crippen molar-refractivity contribution in [3.63, 3.8) is 0 Å². The van der Waals surface area contributed by atoms with E-state index in [0.29, 0.717) is 6.42 Å². The van der Waals surface area contributed by atoms with Crippen LogP contribution in [0.4, 0.5) is 5.69 Å². The maximum Gasteiger partial charge on any atom is 0.244 e. The van der Waals surface area contributed by atoms with Crippen LogP contribution in [-0.2, 0) is 17.6 Å². The van der Waals surface area contributed by atoms with Gasteiger partial charge >= 0.3 is 0 Å². The summed E-state index contributed by atoms with van der Waals surface area (Å²) in [5, 5.41) is 4.05. The first-order valence-electron chi connectivity index (χ1n) is 8.91. The number of amides is 1. The number of aryl methyl sites for hydroxylation is 1. The minimum Gasteiger partial charge on any atom is -0.372 e. The van der Waals surface area contributed by atoms with Gasteiger partial charge in [0.15, 0.2) is 0 Å². The number of nitrogens with zero attached hydrogens (tertiary/aromatic N) is 2. The molecule has 0 heterocycles. The Hall–Kier alpha value is -2.62. The van der Waals surface area contributed by atoms with Crippen molar-refractivity contribution in [1.29, 1.82) is 0 Å². The molecule has 0 unspecified atom stereocenters. The molecule has 0 aromatic heterocycles. The summed E-state index contributed by atoms with van der Waals surface area (Å²) in [4.78, 5) is 14.2. The first-order valence-corrected chi connectivity index (χ1v) is 8.91. The van der Waals surface area contributed by atoms with E-state index in [9.17, 15) is 4.79 Å². The zero-order chi connectivity index (χ0) is 18.1. The fourth-order valence-electron chi connectivity index (χ4n) is 2.66. The van der Waals surface area contributed by atoms with Crippen molar-refractivity contribution in [3.05, 3.63) is 65.2 Å². The monoisotopic (exact) mass is 337 g/mol. The molecule has 25 heavy (non-hydrogen) atoms. The van der Waals surface area contributed by atoms with Gasteiger partial charge in [0.05, 0.1) is 12.6 Å². The molecule has 0 aliphatic carbocycles. The Kier molecular flexibility index (Phi) is 7.20. The Morgan fingerprint density at radius 1 is 0.960 bits per heavy atom. The third-order valence-corrected chi connectivity index (χ3v) is 4.22. The third-order valence-electron chi connectivity index (χ3n) is 4.22. The van der Waals surface area contributed by atoms with Gasteiger partial charge in [-0.25, -0.2) is 5.43 Å². The van der Waals surface area contributed by atoms with Crippen LogP contribution in [-0.4, -0.2) is 25.2 Å². The standard InChI is InChI=1S/C21H27N3O/c1-4-17-7-9-18(10-8-17)15-21(25)23-22-16-19-11-13-20(14-12-19)24(5-2)6-3/h7-14,16H,4-6,15H2,1-3H3,(H,23,25)/b22-16+. The Bertz CT molecular complexity index is 686. The van der Waals surface area contributed by atoms with Gasteiger partial charge in [-0.15, -0.1) is 0 Å². The number of rotatable bonds is 8. The van der Waals surface area contributed by atoms with Crippen LogP contribution in [0.5, 0.6) is 0 Å². The van der Waals surface area contributed by atoms with Crippen molar-refractivity contribution in [3.8, 4) is 0 Å². The largest absolute Gasteiger partial charge is 0.372 e. The molecule has 4 heteroatoms. The van der Waals surface area contributed by atoms with Gasteiger partial charge in [0.1, 0.15) is 0 Å². The van der Waals surface area contributed by atoms with E-state index < -0.39 is 0 Å². The molecule has 0 fully saturated rings. The minimum absolute atomic E-state index is 0.111. The summed E-state index contributed by atoms with van der Waals surface area (Å²) in [5.74, 6) is -0.111. The highest BCUT2D eigenvalue weighted by molar-refractivity contribution is 5.83. The number of hydrogen-bond donors (Lipinski definition) is 1. The van der Waals surface area contributed by atoms with Crippen molar-refractivity contribution in [1.82, 2.24) is 5.43 Å². The van der Waals surface area contributed by atoms with Crippen LogP contribution < -0.4 is 10.3 Å². The molecule has 1 amide bonds. The fraction of sp³-hybridized carbons (Fsp3) is 0.333. The highest BCUT2D eigenvalue weighted by Gasteiger charge is 2.03. The molecule has 2 aromatic carbocycles. The lowest BCUT2D eigenvalue weighted by atomic mass is 10.1. The first-order chi connectivity index (χ1) is 12.2. The third kappa shape index (κ3) is 5.75. The van der Waals surface area contributed by atoms with Crippen molar-refractivity contribution in [2.45, 2.75) is 33.6 Å². The van der Waals surface area contributed by atoms with Crippen LogP contribution in [0, 0.1) is 0 Å². The van der Waals surface area contributed by atoms with Crippen molar-refractivity contribution >= 4 is 17.8 Å². The lowest BCUT2D eigenvalue weighted by molar-refractivity contribution is -0.120. The van der Waals surface area contributed by atoms with E-state index in [0.717, 1.165) is 30.6 Å². The Labute approximate surface area is 150 Å². The van der Waals surface area contributed by atoms with E-state index >= 15 is 0 Å². The van der Waals surface area contributed by atoms with E-state index in [1.165, 1.54) is 11.3 Å². The average Bonchev–Trinajstić information content (AvgIpc) is 2.64. The average molecular weight is 337 g/mol. The highest BCUT2D eigenvalue weighted by atomic mass is 16.2. The molecule has 4 nitrogen and oxygen atoms in total. The van der Waals surface area contributed by atoms with E-state index in [2.05, 4.69) is 60.5 Å². The smallest absolute Gasteiger partial charge is 0.244 e. The zero-order valence-electron chi connectivity index (χ0n) is 15.3. The van der Waals surface area contributed by atoms with Gasteiger partial charge in [0.2, 0.25) is 5.91 Å². The lowest BCUT2D eigenvalue weighted by Gasteiger charge is -2.20. The maximum atomic E-state index is 11.9. The summed E-state index contributed by atoms with van der Waals surface area (Å²) < 4.78 is 0. The molecule has 0 atom stereocenters. The van der Waals surface area contributed by atoms with E-state index in [1.54, 1.807) is 6.21 Å². The quantitative estimate of drug-likeness (QED) is 0.588.